The molecular weight excluding hydrogens is 301 g/mol. The molecule has 0 atom stereocenters. The number of anilines is 1. The third kappa shape index (κ3) is 1.90. The van der Waals surface area contributed by atoms with Crippen LogP contribution in [0, 0.1) is 3.57 Å². The molecule has 0 amide bonds. The normalized spacial score (nSPS) is 14.3. The van der Waals surface area contributed by atoms with Gasteiger partial charge in [-0.15, -0.1) is 0 Å². The number of hydrogen-bond acceptors (Lipinski definition) is 3. The molecule has 0 saturated heterocycles. The SMILES string of the molecule is CCCN1NC=C(N)c2cccc(I)c21. The minimum atomic E-state index is 0.802. The molecule has 0 aliphatic carbocycles. The first-order valence-corrected chi connectivity index (χ1v) is 6.10. The summed E-state index contributed by atoms with van der Waals surface area (Å²) < 4.78 is 1.22. The van der Waals surface area contributed by atoms with Crippen molar-refractivity contribution in [2.75, 3.05) is 11.6 Å². The Hall–Kier alpha value is -0.910. The number of hydrazine groups is 1. The Morgan fingerprint density at radius 1 is 1.47 bits per heavy atom. The zero-order valence-corrected chi connectivity index (χ0v) is 10.8. The standard InChI is InChI=1S/C11H14IN3/c1-2-6-15-11-8(10(13)7-14-15)4-3-5-9(11)12/h3-5,7,14H,2,6,13H2,1H3. The van der Waals surface area contributed by atoms with Crippen LogP contribution in [0.25, 0.3) is 5.70 Å². The fourth-order valence-electron chi connectivity index (χ4n) is 1.71. The molecular formula is C11H14IN3. The highest BCUT2D eigenvalue weighted by atomic mass is 127. The summed E-state index contributed by atoms with van der Waals surface area (Å²) in [5.74, 6) is 0. The Morgan fingerprint density at radius 2 is 2.27 bits per heavy atom. The monoisotopic (exact) mass is 315 g/mol. The van der Waals surface area contributed by atoms with Crippen LogP contribution < -0.4 is 16.2 Å². The number of halogens is 1. The van der Waals surface area contributed by atoms with Gasteiger partial charge in [-0.1, -0.05) is 19.1 Å². The van der Waals surface area contributed by atoms with Crippen LogP contribution in [-0.2, 0) is 0 Å². The second kappa shape index (κ2) is 4.30. The van der Waals surface area contributed by atoms with Crippen molar-refractivity contribution in [3.63, 3.8) is 0 Å². The van der Waals surface area contributed by atoms with Crippen LogP contribution in [0.5, 0.6) is 0 Å². The third-order valence-electron chi connectivity index (χ3n) is 2.39. The molecule has 0 aromatic heterocycles. The molecule has 0 fully saturated rings. The molecule has 4 heteroatoms. The summed E-state index contributed by atoms with van der Waals surface area (Å²) in [6.07, 6.45) is 2.96. The van der Waals surface area contributed by atoms with Gasteiger partial charge in [0.05, 0.1) is 11.4 Å². The van der Waals surface area contributed by atoms with Crippen LogP contribution in [0.2, 0.25) is 0 Å². The topological polar surface area (TPSA) is 41.3 Å². The first-order valence-electron chi connectivity index (χ1n) is 5.02. The summed E-state index contributed by atoms with van der Waals surface area (Å²) in [4.78, 5) is 0. The molecule has 1 aromatic rings. The van der Waals surface area contributed by atoms with Crippen LogP contribution in [0.3, 0.4) is 0 Å². The molecule has 0 radical (unpaired) electrons. The van der Waals surface area contributed by atoms with Crippen molar-refractivity contribution < 1.29 is 0 Å². The van der Waals surface area contributed by atoms with Gasteiger partial charge in [-0.25, -0.2) is 0 Å². The summed E-state index contributed by atoms with van der Waals surface area (Å²) in [5.41, 5.74) is 12.3. The van der Waals surface area contributed by atoms with Crippen molar-refractivity contribution >= 4 is 34.0 Å². The van der Waals surface area contributed by atoms with E-state index in [1.165, 1.54) is 9.26 Å². The predicted molar refractivity (Wildman–Crippen MR) is 72.1 cm³/mol. The Bertz CT molecular complexity index is 401. The predicted octanol–water partition coefficient (Wildman–Crippen LogP) is 2.28. The number of nitrogens with two attached hydrogens (primary N) is 1. The molecule has 3 N–H and O–H groups in total. The molecule has 0 saturated carbocycles. The maximum Gasteiger partial charge on any atom is 0.0798 e. The van der Waals surface area contributed by atoms with Gasteiger partial charge in [0.15, 0.2) is 0 Å². The van der Waals surface area contributed by atoms with Crippen molar-refractivity contribution in [3.05, 3.63) is 33.5 Å². The minimum Gasteiger partial charge on any atom is -0.397 e. The van der Waals surface area contributed by atoms with E-state index in [-0.39, 0.29) is 0 Å². The number of hydrogen-bond donors (Lipinski definition) is 2. The van der Waals surface area contributed by atoms with Gasteiger partial charge in [-0.05, 0) is 35.1 Å². The van der Waals surface area contributed by atoms with Gasteiger partial charge in [0.2, 0.25) is 0 Å². The second-order valence-corrected chi connectivity index (χ2v) is 4.68. The molecule has 2 rings (SSSR count). The average Bonchev–Trinajstić information content (AvgIpc) is 2.23. The number of para-hydroxylation sites is 1. The summed E-state index contributed by atoms with van der Waals surface area (Å²) >= 11 is 2.34. The van der Waals surface area contributed by atoms with E-state index in [0.29, 0.717) is 0 Å². The van der Waals surface area contributed by atoms with E-state index >= 15 is 0 Å². The van der Waals surface area contributed by atoms with E-state index in [1.54, 1.807) is 0 Å². The highest BCUT2D eigenvalue weighted by molar-refractivity contribution is 14.1. The van der Waals surface area contributed by atoms with Crippen molar-refractivity contribution in [1.29, 1.82) is 0 Å². The van der Waals surface area contributed by atoms with Crippen molar-refractivity contribution in [1.82, 2.24) is 5.43 Å². The minimum absolute atomic E-state index is 0.802. The fourth-order valence-corrected chi connectivity index (χ4v) is 2.50. The number of rotatable bonds is 2. The van der Waals surface area contributed by atoms with Gasteiger partial charge < -0.3 is 11.2 Å². The lowest BCUT2D eigenvalue weighted by molar-refractivity contribution is 0.705. The maximum absolute atomic E-state index is 5.94. The second-order valence-electron chi connectivity index (χ2n) is 3.52. The molecule has 1 aromatic carbocycles. The number of nitrogens with zero attached hydrogens (tertiary/aromatic N) is 1. The first kappa shape index (κ1) is 10.6. The van der Waals surface area contributed by atoms with Crippen molar-refractivity contribution in [2.24, 2.45) is 5.73 Å². The molecule has 3 nitrogen and oxygen atoms in total. The van der Waals surface area contributed by atoms with E-state index < -0.39 is 0 Å². The summed E-state index contributed by atoms with van der Waals surface area (Å²) in [6.45, 7) is 3.15. The van der Waals surface area contributed by atoms with E-state index in [9.17, 15) is 0 Å². The van der Waals surface area contributed by atoms with Gasteiger partial charge in [0.25, 0.3) is 0 Å². The molecule has 15 heavy (non-hydrogen) atoms. The Balaban J connectivity index is 2.48. The van der Waals surface area contributed by atoms with Crippen LogP contribution in [0.15, 0.2) is 24.4 Å². The smallest absolute Gasteiger partial charge is 0.0798 e. The quantitative estimate of drug-likeness (QED) is 0.823. The van der Waals surface area contributed by atoms with Crippen LogP contribution >= 0.6 is 22.6 Å². The molecule has 0 spiro atoms. The molecule has 0 bridgehead atoms. The number of nitrogens with one attached hydrogen (secondary N) is 1. The van der Waals surface area contributed by atoms with Crippen LogP contribution in [-0.4, -0.2) is 6.54 Å². The number of benzene rings is 1. The Morgan fingerprint density at radius 3 is 3.00 bits per heavy atom. The van der Waals surface area contributed by atoms with E-state index in [4.69, 9.17) is 5.73 Å². The van der Waals surface area contributed by atoms with Crippen molar-refractivity contribution in [3.8, 4) is 0 Å². The molecule has 0 unspecified atom stereocenters. The average molecular weight is 315 g/mol. The Kier molecular flexibility index (Phi) is 3.04. The highest BCUT2D eigenvalue weighted by Crippen LogP contribution is 2.31. The Labute approximate surface area is 103 Å². The van der Waals surface area contributed by atoms with Gasteiger partial charge in [0.1, 0.15) is 0 Å². The molecule has 1 aliphatic rings. The lowest BCUT2D eigenvalue weighted by atomic mass is 10.1. The first-order chi connectivity index (χ1) is 7.24. The largest absolute Gasteiger partial charge is 0.397 e. The summed E-state index contributed by atoms with van der Waals surface area (Å²) in [6, 6.07) is 6.20. The van der Waals surface area contributed by atoms with E-state index in [0.717, 1.165) is 24.2 Å². The van der Waals surface area contributed by atoms with Gasteiger partial charge in [-0.2, -0.15) is 0 Å². The van der Waals surface area contributed by atoms with Crippen molar-refractivity contribution in [2.45, 2.75) is 13.3 Å². The number of fused-ring (bicyclic) bond motifs is 1. The third-order valence-corrected chi connectivity index (χ3v) is 3.26. The molecule has 80 valence electrons. The molecule has 1 heterocycles. The summed E-state index contributed by atoms with van der Waals surface area (Å²) in [7, 11) is 0. The van der Waals surface area contributed by atoms with Crippen LogP contribution in [0.1, 0.15) is 18.9 Å². The van der Waals surface area contributed by atoms with Gasteiger partial charge in [0, 0.05) is 21.9 Å². The fraction of sp³-hybridized carbons (Fsp3) is 0.273. The van der Waals surface area contributed by atoms with Crippen LogP contribution in [0.4, 0.5) is 5.69 Å². The lowest BCUT2D eigenvalue weighted by Crippen LogP contribution is -2.39. The zero-order valence-electron chi connectivity index (χ0n) is 8.63. The van der Waals surface area contributed by atoms with E-state index in [2.05, 4.69) is 52.1 Å². The summed E-state index contributed by atoms with van der Waals surface area (Å²) in [5, 5.41) is 2.15. The highest BCUT2D eigenvalue weighted by Gasteiger charge is 2.18. The molecule has 1 aliphatic heterocycles. The zero-order chi connectivity index (χ0) is 10.8. The maximum atomic E-state index is 5.94. The lowest BCUT2D eigenvalue weighted by Gasteiger charge is -2.31. The van der Waals surface area contributed by atoms with Gasteiger partial charge >= 0.3 is 0 Å². The van der Waals surface area contributed by atoms with E-state index in [1.807, 2.05) is 12.3 Å². The van der Waals surface area contributed by atoms with Gasteiger partial charge in [-0.3, -0.25) is 5.01 Å².